The maximum atomic E-state index is 9.60. The molecule has 1 fully saturated rings. The third-order valence-electron chi connectivity index (χ3n) is 3.13. The molecule has 2 rings (SSSR count). The molecule has 1 saturated carbocycles. The molecular formula is C11H20N4OS. The molecule has 1 aliphatic carbocycles. The summed E-state index contributed by atoms with van der Waals surface area (Å²) in [6.07, 6.45) is 4.63. The Morgan fingerprint density at radius 1 is 1.71 bits per heavy atom. The molecule has 1 heterocycles. The fourth-order valence-corrected chi connectivity index (χ4v) is 3.69. The molecule has 0 bridgehead atoms. The highest BCUT2D eigenvalue weighted by Crippen LogP contribution is 2.39. The number of aliphatic hydroxyl groups excluding tert-OH is 1. The van der Waals surface area contributed by atoms with Gasteiger partial charge in [0.15, 0.2) is 5.16 Å². The summed E-state index contributed by atoms with van der Waals surface area (Å²) in [5.41, 5.74) is -0.105. The minimum Gasteiger partial charge on any atom is -0.394 e. The molecule has 5 nitrogen and oxygen atoms in total. The highest BCUT2D eigenvalue weighted by Gasteiger charge is 2.39. The van der Waals surface area contributed by atoms with Crippen LogP contribution in [0.2, 0.25) is 0 Å². The van der Waals surface area contributed by atoms with Crippen LogP contribution in [0.3, 0.4) is 0 Å². The van der Waals surface area contributed by atoms with Gasteiger partial charge in [0, 0.05) is 16.8 Å². The Kier molecular flexibility index (Phi) is 4.06. The van der Waals surface area contributed by atoms with Crippen LogP contribution in [0.15, 0.2) is 11.5 Å². The predicted octanol–water partition coefficient (Wildman–Crippen LogP) is 1.18. The van der Waals surface area contributed by atoms with Crippen molar-refractivity contribution < 1.29 is 5.11 Å². The third kappa shape index (κ3) is 3.20. The van der Waals surface area contributed by atoms with Crippen molar-refractivity contribution in [1.82, 2.24) is 20.5 Å². The van der Waals surface area contributed by atoms with Gasteiger partial charge in [-0.15, -0.1) is 0 Å². The van der Waals surface area contributed by atoms with E-state index in [-0.39, 0.29) is 12.1 Å². The zero-order chi connectivity index (χ0) is 12.3. The lowest BCUT2D eigenvalue weighted by Gasteiger charge is -2.30. The van der Waals surface area contributed by atoms with E-state index >= 15 is 0 Å². The zero-order valence-corrected chi connectivity index (χ0v) is 11.1. The van der Waals surface area contributed by atoms with Crippen molar-refractivity contribution in [3.8, 4) is 0 Å². The summed E-state index contributed by atoms with van der Waals surface area (Å²) in [6, 6.07) is 0.399. The number of nitrogens with zero attached hydrogens (tertiary/aromatic N) is 2. The van der Waals surface area contributed by atoms with Gasteiger partial charge in [0.1, 0.15) is 6.33 Å². The van der Waals surface area contributed by atoms with Gasteiger partial charge in [-0.1, -0.05) is 25.6 Å². The van der Waals surface area contributed by atoms with E-state index in [0.29, 0.717) is 11.3 Å². The molecule has 0 aromatic carbocycles. The fourth-order valence-electron chi connectivity index (χ4n) is 2.52. The van der Waals surface area contributed by atoms with Crippen LogP contribution < -0.4 is 5.32 Å². The number of nitrogens with one attached hydrogen (secondary N) is 2. The Morgan fingerprint density at radius 3 is 3.12 bits per heavy atom. The van der Waals surface area contributed by atoms with Gasteiger partial charge in [-0.05, 0) is 19.3 Å². The summed E-state index contributed by atoms with van der Waals surface area (Å²) in [7, 11) is 0. The third-order valence-corrected chi connectivity index (χ3v) is 4.29. The van der Waals surface area contributed by atoms with Crippen LogP contribution in [0.5, 0.6) is 0 Å². The molecule has 0 radical (unpaired) electrons. The lowest BCUT2D eigenvalue weighted by molar-refractivity contribution is 0.156. The SMILES string of the molecule is CC(C)NC1(CO)CCC(Sc2ncn[nH]2)C1. The number of aliphatic hydroxyl groups is 1. The monoisotopic (exact) mass is 256 g/mol. The number of hydrogen-bond acceptors (Lipinski definition) is 5. The lowest BCUT2D eigenvalue weighted by Crippen LogP contribution is -2.49. The first kappa shape index (κ1) is 12.9. The van der Waals surface area contributed by atoms with Gasteiger partial charge in [0.25, 0.3) is 0 Å². The van der Waals surface area contributed by atoms with Crippen LogP contribution in [0.25, 0.3) is 0 Å². The second-order valence-electron chi connectivity index (χ2n) is 5.01. The van der Waals surface area contributed by atoms with E-state index in [1.165, 1.54) is 6.33 Å². The lowest BCUT2D eigenvalue weighted by atomic mass is 9.98. The zero-order valence-electron chi connectivity index (χ0n) is 10.3. The van der Waals surface area contributed by atoms with E-state index < -0.39 is 0 Å². The number of aromatic nitrogens is 3. The summed E-state index contributed by atoms with van der Waals surface area (Å²) >= 11 is 1.72. The Hall–Kier alpha value is -0.590. The highest BCUT2D eigenvalue weighted by atomic mass is 32.2. The fraction of sp³-hybridized carbons (Fsp3) is 0.818. The smallest absolute Gasteiger partial charge is 0.183 e. The molecular weight excluding hydrogens is 236 g/mol. The highest BCUT2D eigenvalue weighted by molar-refractivity contribution is 7.99. The average Bonchev–Trinajstić information content (AvgIpc) is 2.89. The molecule has 17 heavy (non-hydrogen) atoms. The van der Waals surface area contributed by atoms with Gasteiger partial charge >= 0.3 is 0 Å². The van der Waals surface area contributed by atoms with Crippen LogP contribution in [-0.4, -0.2) is 43.7 Å². The molecule has 0 saturated heterocycles. The first-order valence-corrected chi connectivity index (χ1v) is 6.92. The maximum absolute atomic E-state index is 9.60. The van der Waals surface area contributed by atoms with Crippen LogP contribution in [0.4, 0.5) is 0 Å². The average molecular weight is 256 g/mol. The quantitative estimate of drug-likeness (QED) is 0.737. The standard InChI is InChI=1S/C11H20N4OS/c1-8(2)14-11(6-16)4-3-9(5-11)17-10-12-7-13-15-10/h7-9,14,16H,3-6H2,1-2H3,(H,12,13,15). The van der Waals surface area contributed by atoms with Crippen LogP contribution >= 0.6 is 11.8 Å². The Bertz CT molecular complexity index is 343. The van der Waals surface area contributed by atoms with Crippen molar-refractivity contribution in [2.75, 3.05) is 6.61 Å². The van der Waals surface area contributed by atoms with Crippen LogP contribution in [0.1, 0.15) is 33.1 Å². The molecule has 1 aromatic rings. The summed E-state index contributed by atoms with van der Waals surface area (Å²) < 4.78 is 0. The number of rotatable bonds is 5. The Balaban J connectivity index is 1.93. The summed E-state index contributed by atoms with van der Waals surface area (Å²) in [4.78, 5) is 4.13. The molecule has 6 heteroatoms. The van der Waals surface area contributed by atoms with E-state index in [4.69, 9.17) is 0 Å². The molecule has 1 aromatic heterocycles. The molecule has 2 unspecified atom stereocenters. The number of hydrogen-bond donors (Lipinski definition) is 3. The normalized spacial score (nSPS) is 29.1. The van der Waals surface area contributed by atoms with Gasteiger partial charge in [-0.2, -0.15) is 5.10 Å². The van der Waals surface area contributed by atoms with Crippen molar-refractivity contribution in [3.05, 3.63) is 6.33 Å². The van der Waals surface area contributed by atoms with E-state index in [0.717, 1.165) is 24.4 Å². The van der Waals surface area contributed by atoms with Crippen LogP contribution in [-0.2, 0) is 0 Å². The van der Waals surface area contributed by atoms with E-state index in [1.807, 2.05) is 0 Å². The topological polar surface area (TPSA) is 73.8 Å². The van der Waals surface area contributed by atoms with Gasteiger partial charge < -0.3 is 10.4 Å². The maximum Gasteiger partial charge on any atom is 0.183 e. The summed E-state index contributed by atoms with van der Waals surface area (Å²) in [6.45, 7) is 4.45. The molecule has 1 aliphatic rings. The number of H-pyrrole nitrogens is 1. The first-order chi connectivity index (χ1) is 8.13. The molecule has 2 atom stereocenters. The second-order valence-corrected chi connectivity index (χ2v) is 6.30. The summed E-state index contributed by atoms with van der Waals surface area (Å²) in [5.74, 6) is 0. The van der Waals surface area contributed by atoms with Crippen molar-refractivity contribution in [3.63, 3.8) is 0 Å². The predicted molar refractivity (Wildman–Crippen MR) is 68.0 cm³/mol. The second kappa shape index (κ2) is 5.37. The van der Waals surface area contributed by atoms with Crippen LogP contribution in [0, 0.1) is 0 Å². The minimum absolute atomic E-state index is 0.105. The molecule has 3 N–H and O–H groups in total. The number of aromatic amines is 1. The minimum atomic E-state index is -0.105. The van der Waals surface area contributed by atoms with Gasteiger partial charge in [0.05, 0.1) is 6.61 Å². The largest absolute Gasteiger partial charge is 0.394 e. The molecule has 96 valence electrons. The Morgan fingerprint density at radius 2 is 2.53 bits per heavy atom. The van der Waals surface area contributed by atoms with E-state index in [1.54, 1.807) is 11.8 Å². The van der Waals surface area contributed by atoms with E-state index in [9.17, 15) is 5.11 Å². The summed E-state index contributed by atoms with van der Waals surface area (Å²) in [5, 5.41) is 21.2. The van der Waals surface area contributed by atoms with Gasteiger partial charge in [-0.3, -0.25) is 5.10 Å². The number of thioether (sulfide) groups is 1. The molecule has 0 aliphatic heterocycles. The molecule has 0 spiro atoms. The van der Waals surface area contributed by atoms with Gasteiger partial charge in [-0.25, -0.2) is 4.98 Å². The van der Waals surface area contributed by atoms with Crippen molar-refractivity contribution in [2.45, 2.75) is 55.1 Å². The van der Waals surface area contributed by atoms with Crippen molar-refractivity contribution in [2.24, 2.45) is 0 Å². The van der Waals surface area contributed by atoms with Crippen molar-refractivity contribution in [1.29, 1.82) is 0 Å². The van der Waals surface area contributed by atoms with Gasteiger partial charge in [0.2, 0.25) is 0 Å². The van der Waals surface area contributed by atoms with E-state index in [2.05, 4.69) is 34.3 Å². The van der Waals surface area contributed by atoms with Crippen molar-refractivity contribution >= 4 is 11.8 Å². The first-order valence-electron chi connectivity index (χ1n) is 6.04. The molecule has 0 amide bonds. The Labute approximate surface area is 106 Å².